The summed E-state index contributed by atoms with van der Waals surface area (Å²) < 4.78 is 0. The molecule has 0 aromatic heterocycles. The molecule has 0 saturated heterocycles. The van der Waals surface area contributed by atoms with Gasteiger partial charge in [-0.1, -0.05) is 41.5 Å². The van der Waals surface area contributed by atoms with Crippen molar-refractivity contribution < 1.29 is 4.79 Å². The fourth-order valence-corrected chi connectivity index (χ4v) is 1.09. The van der Waals surface area contributed by atoms with Gasteiger partial charge >= 0.3 is 0 Å². The minimum absolute atomic E-state index is 0.0373. The number of hydrogen-bond donors (Lipinski definition) is 2. The van der Waals surface area contributed by atoms with Crippen LogP contribution in [0.1, 0.15) is 41.5 Å². The van der Waals surface area contributed by atoms with Crippen molar-refractivity contribution in [1.82, 2.24) is 10.6 Å². The molecule has 1 amide bonds. The van der Waals surface area contributed by atoms with Crippen LogP contribution in [0.4, 0.5) is 0 Å². The van der Waals surface area contributed by atoms with E-state index < -0.39 is 0 Å². The number of rotatable bonds is 5. The zero-order chi connectivity index (χ0) is 12.1. The highest BCUT2D eigenvalue weighted by Crippen LogP contribution is 2.24. The Kier molecular flexibility index (Phi) is 5.88. The van der Waals surface area contributed by atoms with Crippen molar-refractivity contribution in [1.29, 1.82) is 0 Å². The summed E-state index contributed by atoms with van der Waals surface area (Å²) in [5.41, 5.74) is 0.0373. The van der Waals surface area contributed by atoms with Gasteiger partial charge in [-0.3, -0.25) is 4.79 Å². The van der Waals surface area contributed by atoms with Gasteiger partial charge in [-0.2, -0.15) is 0 Å². The third kappa shape index (κ3) is 6.50. The molecule has 90 valence electrons. The Hall–Kier alpha value is -0.570. The van der Waals surface area contributed by atoms with Crippen molar-refractivity contribution in [2.45, 2.75) is 47.6 Å². The van der Waals surface area contributed by atoms with Crippen LogP contribution in [0, 0.1) is 11.3 Å². The van der Waals surface area contributed by atoms with Gasteiger partial charge in [0.15, 0.2) is 0 Å². The first-order chi connectivity index (χ1) is 6.75. The molecule has 0 rings (SSSR count). The summed E-state index contributed by atoms with van der Waals surface area (Å²) >= 11 is 0. The number of amides is 1. The number of nitrogens with one attached hydrogen (secondary N) is 2. The second-order valence-corrected chi connectivity index (χ2v) is 5.49. The van der Waals surface area contributed by atoms with Crippen molar-refractivity contribution in [2.24, 2.45) is 11.3 Å². The van der Waals surface area contributed by atoms with Crippen molar-refractivity contribution in [3.8, 4) is 0 Å². The molecule has 1 atom stereocenters. The van der Waals surface area contributed by atoms with Gasteiger partial charge in [0.2, 0.25) is 5.91 Å². The SMILES string of the molecule is CC(C)NCCNC(=O)[C@@H](C)C(C)(C)C. The Bertz CT molecular complexity index is 194. The van der Waals surface area contributed by atoms with Gasteiger partial charge < -0.3 is 10.6 Å². The third-order valence-electron chi connectivity index (χ3n) is 2.67. The molecular weight excluding hydrogens is 188 g/mol. The van der Waals surface area contributed by atoms with E-state index in [4.69, 9.17) is 0 Å². The number of carbonyl (C=O) groups excluding carboxylic acids is 1. The minimum Gasteiger partial charge on any atom is -0.355 e. The lowest BCUT2D eigenvalue weighted by atomic mass is 9.81. The Morgan fingerprint density at radius 2 is 1.67 bits per heavy atom. The van der Waals surface area contributed by atoms with E-state index in [1.54, 1.807) is 0 Å². The lowest BCUT2D eigenvalue weighted by molar-refractivity contribution is -0.127. The van der Waals surface area contributed by atoms with Gasteiger partial charge in [-0.05, 0) is 5.41 Å². The molecule has 3 heteroatoms. The highest BCUT2D eigenvalue weighted by molar-refractivity contribution is 5.78. The summed E-state index contributed by atoms with van der Waals surface area (Å²) in [5, 5.41) is 6.21. The first kappa shape index (κ1) is 14.4. The van der Waals surface area contributed by atoms with Crippen molar-refractivity contribution in [2.75, 3.05) is 13.1 Å². The maximum Gasteiger partial charge on any atom is 0.223 e. The molecule has 0 aliphatic heterocycles. The molecule has 15 heavy (non-hydrogen) atoms. The summed E-state index contributed by atoms with van der Waals surface area (Å²) in [6.07, 6.45) is 0. The zero-order valence-corrected chi connectivity index (χ0v) is 11.0. The highest BCUT2D eigenvalue weighted by atomic mass is 16.1. The lowest BCUT2D eigenvalue weighted by Crippen LogP contribution is -2.40. The standard InChI is InChI=1S/C12H26N2O/c1-9(2)13-7-8-14-11(15)10(3)12(4,5)6/h9-10,13H,7-8H2,1-6H3,(H,14,15)/t10-/m1/s1. The van der Waals surface area contributed by atoms with Crippen LogP contribution in [0.2, 0.25) is 0 Å². The van der Waals surface area contributed by atoms with E-state index in [1.165, 1.54) is 0 Å². The molecule has 0 saturated carbocycles. The van der Waals surface area contributed by atoms with Crippen molar-refractivity contribution in [3.05, 3.63) is 0 Å². The smallest absolute Gasteiger partial charge is 0.223 e. The highest BCUT2D eigenvalue weighted by Gasteiger charge is 2.26. The van der Waals surface area contributed by atoms with Gasteiger partial charge in [0.05, 0.1) is 0 Å². The first-order valence-corrected chi connectivity index (χ1v) is 5.76. The predicted molar refractivity (Wildman–Crippen MR) is 64.8 cm³/mol. The van der Waals surface area contributed by atoms with E-state index in [0.717, 1.165) is 6.54 Å². The van der Waals surface area contributed by atoms with Gasteiger partial charge in [-0.25, -0.2) is 0 Å². The Morgan fingerprint density at radius 3 is 2.07 bits per heavy atom. The molecule has 0 spiro atoms. The third-order valence-corrected chi connectivity index (χ3v) is 2.67. The summed E-state index contributed by atoms with van der Waals surface area (Å²) in [6, 6.07) is 0.474. The molecule has 0 unspecified atom stereocenters. The fourth-order valence-electron chi connectivity index (χ4n) is 1.09. The monoisotopic (exact) mass is 214 g/mol. The molecule has 3 nitrogen and oxygen atoms in total. The summed E-state index contributed by atoms with van der Waals surface area (Å²) in [5.74, 6) is 0.199. The van der Waals surface area contributed by atoms with E-state index in [9.17, 15) is 4.79 Å². The van der Waals surface area contributed by atoms with E-state index in [1.807, 2.05) is 6.92 Å². The van der Waals surface area contributed by atoms with Crippen molar-refractivity contribution in [3.63, 3.8) is 0 Å². The Balaban J connectivity index is 3.75. The zero-order valence-electron chi connectivity index (χ0n) is 11.0. The summed E-state index contributed by atoms with van der Waals surface area (Å²) in [6.45, 7) is 14.0. The maximum absolute atomic E-state index is 11.7. The number of hydrogen-bond acceptors (Lipinski definition) is 2. The molecule has 0 heterocycles. The quantitative estimate of drug-likeness (QED) is 0.685. The molecule has 2 N–H and O–H groups in total. The normalized spacial score (nSPS) is 14.1. The van der Waals surface area contributed by atoms with Crippen LogP contribution in [-0.2, 0) is 4.79 Å². The molecule has 0 aromatic carbocycles. The largest absolute Gasteiger partial charge is 0.355 e. The first-order valence-electron chi connectivity index (χ1n) is 5.76. The van der Waals surface area contributed by atoms with Gasteiger partial charge in [-0.15, -0.1) is 0 Å². The van der Waals surface area contributed by atoms with E-state index in [-0.39, 0.29) is 17.2 Å². The maximum atomic E-state index is 11.7. The van der Waals surface area contributed by atoms with Crippen LogP contribution >= 0.6 is 0 Å². The van der Waals surface area contributed by atoms with E-state index >= 15 is 0 Å². The van der Waals surface area contributed by atoms with Crippen molar-refractivity contribution >= 4 is 5.91 Å². The topological polar surface area (TPSA) is 41.1 Å². The molecule has 0 aromatic rings. The fraction of sp³-hybridized carbons (Fsp3) is 0.917. The van der Waals surface area contributed by atoms with Crippen LogP contribution in [0.15, 0.2) is 0 Å². The van der Waals surface area contributed by atoms with Crippen LogP contribution in [0.5, 0.6) is 0 Å². The molecule has 0 fully saturated rings. The van der Waals surface area contributed by atoms with Gasteiger partial charge in [0.25, 0.3) is 0 Å². The van der Waals surface area contributed by atoms with Crippen LogP contribution in [0.3, 0.4) is 0 Å². The van der Waals surface area contributed by atoms with Crippen LogP contribution < -0.4 is 10.6 Å². The molecule has 0 aliphatic rings. The Labute approximate surface area is 94.0 Å². The molecule has 0 aliphatic carbocycles. The number of carbonyl (C=O) groups is 1. The summed E-state index contributed by atoms with van der Waals surface area (Å²) in [7, 11) is 0. The Morgan fingerprint density at radius 1 is 1.13 bits per heavy atom. The average Bonchev–Trinajstić information content (AvgIpc) is 2.09. The lowest BCUT2D eigenvalue weighted by Gasteiger charge is -2.26. The van der Waals surface area contributed by atoms with Crippen LogP contribution in [-0.4, -0.2) is 25.0 Å². The second kappa shape index (κ2) is 6.11. The second-order valence-electron chi connectivity index (χ2n) is 5.49. The molecule has 0 radical (unpaired) electrons. The van der Waals surface area contributed by atoms with Gasteiger partial charge in [0.1, 0.15) is 0 Å². The van der Waals surface area contributed by atoms with Gasteiger partial charge in [0, 0.05) is 25.0 Å². The van der Waals surface area contributed by atoms with E-state index in [2.05, 4.69) is 45.3 Å². The van der Waals surface area contributed by atoms with E-state index in [0.29, 0.717) is 12.6 Å². The average molecular weight is 214 g/mol. The van der Waals surface area contributed by atoms with Crippen LogP contribution in [0.25, 0.3) is 0 Å². The minimum atomic E-state index is 0.0373. The molecule has 0 bridgehead atoms. The summed E-state index contributed by atoms with van der Waals surface area (Å²) in [4.78, 5) is 11.7. The molecular formula is C12H26N2O. The predicted octanol–water partition coefficient (Wildman–Crippen LogP) is 1.78.